The predicted molar refractivity (Wildman–Crippen MR) is 156 cm³/mol. The molecule has 0 aromatic heterocycles. The molecular weight excluding hydrogens is 581 g/mol. The largest absolute Gasteiger partial charge is 0.396 e. The Labute approximate surface area is 238 Å². The molecule has 5 atom stereocenters. The standard InChI is InChI=1S/C29H37BrFN3O4Si/c1-18-26(39(2,3)31)25(12-14-35)38-29(18)23-15-21(30)8-11-24(23)34(28(29)37)17-19-6-9-22(10-7-19)33-27(36)20-5-4-13-32-16-20/h6-11,15,18,20,25-26,32,35H,4-5,12-14,16-17H2,1-3H3,(H,33,36)/t18-,20?,25+,26-,29+/m1/s1. The molecule has 3 aliphatic rings. The van der Waals surface area contributed by atoms with Gasteiger partial charge in [-0.15, -0.1) is 0 Å². The van der Waals surface area contributed by atoms with Crippen molar-refractivity contribution in [3.05, 3.63) is 58.1 Å². The monoisotopic (exact) mass is 617 g/mol. The summed E-state index contributed by atoms with van der Waals surface area (Å²) in [5, 5.41) is 16.0. The zero-order chi connectivity index (χ0) is 27.9. The van der Waals surface area contributed by atoms with E-state index in [2.05, 4.69) is 26.6 Å². The molecule has 5 rings (SSSR count). The quantitative estimate of drug-likeness (QED) is 0.297. The Morgan fingerprint density at radius 1 is 1.28 bits per heavy atom. The first kappa shape index (κ1) is 28.4. The molecule has 10 heteroatoms. The van der Waals surface area contributed by atoms with Gasteiger partial charge in [0.2, 0.25) is 14.3 Å². The second-order valence-corrected chi connectivity index (χ2v) is 16.3. The number of nitrogens with one attached hydrogen (secondary N) is 2. The highest BCUT2D eigenvalue weighted by atomic mass is 79.9. The van der Waals surface area contributed by atoms with Crippen molar-refractivity contribution < 1.29 is 23.5 Å². The first-order valence-electron chi connectivity index (χ1n) is 13.8. The lowest BCUT2D eigenvalue weighted by molar-refractivity contribution is -0.146. The van der Waals surface area contributed by atoms with Gasteiger partial charge in [0, 0.05) is 40.3 Å². The maximum absolute atomic E-state index is 15.6. The zero-order valence-electron chi connectivity index (χ0n) is 22.7. The third-order valence-electron chi connectivity index (χ3n) is 8.57. The van der Waals surface area contributed by atoms with E-state index in [1.54, 1.807) is 18.0 Å². The van der Waals surface area contributed by atoms with Crippen LogP contribution in [0.4, 0.5) is 15.5 Å². The summed E-state index contributed by atoms with van der Waals surface area (Å²) < 4.78 is 23.0. The van der Waals surface area contributed by atoms with E-state index in [1.165, 1.54) is 0 Å². The second kappa shape index (κ2) is 11.0. The number of aliphatic hydroxyl groups excluding tert-OH is 1. The normalized spacial score (nSPS) is 28.7. The molecule has 2 saturated heterocycles. The topological polar surface area (TPSA) is 90.9 Å². The highest BCUT2D eigenvalue weighted by molar-refractivity contribution is 9.10. The van der Waals surface area contributed by atoms with Crippen LogP contribution in [0.5, 0.6) is 0 Å². The highest BCUT2D eigenvalue weighted by Gasteiger charge is 2.66. The van der Waals surface area contributed by atoms with E-state index < -0.39 is 31.6 Å². The van der Waals surface area contributed by atoms with Crippen LogP contribution in [0.1, 0.15) is 37.3 Å². The SMILES string of the molecule is C[C@@H]1[C@@H]([Si](C)(C)F)[C@H](CCO)O[C@@]12C(=O)N(Cc1ccc(NC(=O)C3CCCNC3)cc1)c1ccc(Br)cc12. The number of aliphatic hydroxyl groups is 1. The fourth-order valence-electron chi connectivity index (χ4n) is 6.77. The number of hydrogen-bond acceptors (Lipinski definition) is 5. The molecule has 2 fully saturated rings. The molecule has 3 aliphatic heterocycles. The van der Waals surface area contributed by atoms with Crippen molar-refractivity contribution in [1.82, 2.24) is 5.32 Å². The smallest absolute Gasteiger partial charge is 0.264 e. The number of amides is 2. The molecule has 7 nitrogen and oxygen atoms in total. The number of nitrogens with zero attached hydrogens (tertiary/aromatic N) is 1. The van der Waals surface area contributed by atoms with E-state index in [1.807, 2.05) is 49.4 Å². The fraction of sp³-hybridized carbons (Fsp3) is 0.517. The third-order valence-corrected chi connectivity index (χ3v) is 11.5. The van der Waals surface area contributed by atoms with E-state index >= 15 is 4.11 Å². The Kier molecular flexibility index (Phi) is 8.05. The van der Waals surface area contributed by atoms with E-state index in [0.29, 0.717) is 13.1 Å². The summed E-state index contributed by atoms with van der Waals surface area (Å²) in [5.74, 6) is -0.603. The molecule has 1 unspecified atom stereocenters. The molecule has 210 valence electrons. The van der Waals surface area contributed by atoms with Crippen LogP contribution < -0.4 is 15.5 Å². The van der Waals surface area contributed by atoms with Gasteiger partial charge >= 0.3 is 0 Å². The van der Waals surface area contributed by atoms with Crippen molar-refractivity contribution in [1.29, 1.82) is 0 Å². The number of carbonyl (C=O) groups is 2. The maximum atomic E-state index is 15.6. The van der Waals surface area contributed by atoms with Crippen molar-refractivity contribution >= 4 is 47.5 Å². The number of ether oxygens (including phenoxy) is 1. The summed E-state index contributed by atoms with van der Waals surface area (Å²) in [5.41, 5.74) is 1.38. The highest BCUT2D eigenvalue weighted by Crippen LogP contribution is 2.60. The molecule has 2 aromatic rings. The molecule has 39 heavy (non-hydrogen) atoms. The summed E-state index contributed by atoms with van der Waals surface area (Å²) in [7, 11) is -3.23. The number of anilines is 2. The summed E-state index contributed by atoms with van der Waals surface area (Å²) in [6.45, 7) is 7.07. The van der Waals surface area contributed by atoms with Crippen LogP contribution in [0.2, 0.25) is 18.6 Å². The minimum Gasteiger partial charge on any atom is -0.396 e. The molecule has 3 N–H and O–H groups in total. The average molecular weight is 619 g/mol. The minimum absolute atomic E-state index is 0.0183. The molecule has 0 aliphatic carbocycles. The van der Waals surface area contributed by atoms with Crippen LogP contribution in [-0.4, -0.2) is 51.1 Å². The molecule has 0 saturated carbocycles. The fourth-order valence-corrected chi connectivity index (χ4v) is 9.67. The van der Waals surface area contributed by atoms with Gasteiger partial charge in [0.15, 0.2) is 5.60 Å². The zero-order valence-corrected chi connectivity index (χ0v) is 25.3. The lowest BCUT2D eigenvalue weighted by atomic mass is 9.82. The summed E-state index contributed by atoms with van der Waals surface area (Å²) >= 11 is 3.55. The lowest BCUT2D eigenvalue weighted by Gasteiger charge is -2.31. The van der Waals surface area contributed by atoms with Crippen molar-refractivity contribution in [3.63, 3.8) is 0 Å². The summed E-state index contributed by atoms with van der Waals surface area (Å²) in [6, 6.07) is 13.3. The summed E-state index contributed by atoms with van der Waals surface area (Å²) in [4.78, 5) is 28.6. The van der Waals surface area contributed by atoms with Gasteiger partial charge in [-0.3, -0.25) is 9.59 Å². The van der Waals surface area contributed by atoms with Crippen molar-refractivity contribution in [2.75, 3.05) is 29.9 Å². The minimum atomic E-state index is -3.23. The van der Waals surface area contributed by atoms with E-state index in [9.17, 15) is 14.7 Å². The number of rotatable bonds is 7. The Morgan fingerprint density at radius 2 is 2.03 bits per heavy atom. The van der Waals surface area contributed by atoms with Crippen LogP contribution in [-0.2, 0) is 26.5 Å². The molecular formula is C29H37BrFN3O4Si. The van der Waals surface area contributed by atoms with Crippen molar-refractivity contribution in [2.24, 2.45) is 11.8 Å². The van der Waals surface area contributed by atoms with Crippen molar-refractivity contribution in [3.8, 4) is 0 Å². The van der Waals surface area contributed by atoms with E-state index in [0.717, 1.165) is 46.4 Å². The first-order valence-corrected chi connectivity index (χ1v) is 17.5. The van der Waals surface area contributed by atoms with Gasteiger partial charge in [0.1, 0.15) is 0 Å². The Bertz CT molecular complexity index is 1230. The first-order chi connectivity index (χ1) is 18.6. The molecule has 0 radical (unpaired) electrons. The van der Waals surface area contributed by atoms with Crippen LogP contribution in [0.15, 0.2) is 46.9 Å². The Morgan fingerprint density at radius 3 is 2.67 bits per heavy atom. The number of benzene rings is 2. The average Bonchev–Trinajstić information content (AvgIpc) is 3.32. The Balaban J connectivity index is 1.41. The van der Waals surface area contributed by atoms with Gasteiger partial charge in [0.05, 0.1) is 24.3 Å². The lowest BCUT2D eigenvalue weighted by Crippen LogP contribution is -2.45. The summed E-state index contributed by atoms with van der Waals surface area (Å²) in [6.07, 6.45) is 1.63. The number of piperidine rings is 1. The van der Waals surface area contributed by atoms with E-state index in [4.69, 9.17) is 4.74 Å². The Hall–Kier alpha value is -2.11. The maximum Gasteiger partial charge on any atom is 0.264 e. The van der Waals surface area contributed by atoms with Gasteiger partial charge in [-0.2, -0.15) is 0 Å². The van der Waals surface area contributed by atoms with E-state index in [-0.39, 0.29) is 30.8 Å². The molecule has 3 heterocycles. The number of halogens is 2. The predicted octanol–water partition coefficient (Wildman–Crippen LogP) is 5.09. The van der Waals surface area contributed by atoms with Gasteiger partial charge in [-0.05, 0) is 74.8 Å². The molecule has 1 spiro atoms. The number of carbonyl (C=O) groups excluding carboxylic acids is 2. The van der Waals surface area contributed by atoms with Crippen LogP contribution in [0.25, 0.3) is 0 Å². The van der Waals surface area contributed by atoms with Gasteiger partial charge in [-0.25, -0.2) is 0 Å². The number of hydrogen-bond donors (Lipinski definition) is 3. The van der Waals surface area contributed by atoms with Crippen LogP contribution in [0, 0.1) is 11.8 Å². The molecule has 0 bridgehead atoms. The van der Waals surface area contributed by atoms with Crippen LogP contribution >= 0.6 is 15.9 Å². The number of fused-ring (bicyclic) bond motifs is 2. The van der Waals surface area contributed by atoms with Gasteiger partial charge in [0.25, 0.3) is 5.91 Å². The van der Waals surface area contributed by atoms with Crippen LogP contribution in [0.3, 0.4) is 0 Å². The molecule has 2 aromatic carbocycles. The van der Waals surface area contributed by atoms with Gasteiger partial charge in [-0.1, -0.05) is 35.0 Å². The van der Waals surface area contributed by atoms with Crippen molar-refractivity contribution in [2.45, 2.75) is 63.1 Å². The molecule has 2 amide bonds. The second-order valence-electron chi connectivity index (χ2n) is 11.6. The van der Waals surface area contributed by atoms with Gasteiger partial charge < -0.3 is 29.5 Å². The third kappa shape index (κ3) is 5.22.